The maximum Gasteiger partial charge on any atom is 0.0449 e. The van der Waals surface area contributed by atoms with Gasteiger partial charge in [-0.3, -0.25) is 0 Å². The van der Waals surface area contributed by atoms with Crippen molar-refractivity contribution in [2.45, 2.75) is 20.8 Å². The minimum absolute atomic E-state index is 1.36. The van der Waals surface area contributed by atoms with Crippen LogP contribution in [-0.2, 0) is 0 Å². The van der Waals surface area contributed by atoms with Crippen LogP contribution >= 0.6 is 22.7 Å². The first-order valence-corrected chi connectivity index (χ1v) is 6.64. The van der Waals surface area contributed by atoms with Gasteiger partial charge in [-0.05, 0) is 50.6 Å². The molecule has 0 radical (unpaired) electrons. The molecule has 0 amide bonds. The van der Waals surface area contributed by atoms with Crippen LogP contribution in [0.2, 0.25) is 0 Å². The van der Waals surface area contributed by atoms with E-state index in [1.165, 1.54) is 25.1 Å². The summed E-state index contributed by atoms with van der Waals surface area (Å²) in [7, 11) is 0. The highest BCUT2D eigenvalue weighted by molar-refractivity contribution is 7.22. The van der Waals surface area contributed by atoms with E-state index in [0.29, 0.717) is 0 Å². The fourth-order valence-corrected chi connectivity index (χ4v) is 3.39. The lowest BCUT2D eigenvalue weighted by molar-refractivity contribution is 1.64. The van der Waals surface area contributed by atoms with Crippen LogP contribution in [0.4, 0.5) is 0 Å². The Bertz CT molecular complexity index is 486. The predicted molar refractivity (Wildman–Crippen MR) is 71.7 cm³/mol. The van der Waals surface area contributed by atoms with Crippen molar-refractivity contribution in [1.82, 2.24) is 0 Å². The van der Waals surface area contributed by atoms with Crippen molar-refractivity contribution < 1.29 is 0 Å². The summed E-state index contributed by atoms with van der Waals surface area (Å²) in [5, 5.41) is 0. The topological polar surface area (TPSA) is 0 Å². The van der Waals surface area contributed by atoms with Crippen LogP contribution in [0.15, 0.2) is 30.3 Å². The van der Waals surface area contributed by atoms with Gasteiger partial charge >= 0.3 is 0 Å². The molecule has 0 nitrogen and oxygen atoms in total. The first-order chi connectivity index (χ1) is 7.20. The zero-order valence-corrected chi connectivity index (χ0v) is 10.8. The molecule has 0 N–H and O–H groups in total. The van der Waals surface area contributed by atoms with Crippen LogP contribution in [0.25, 0.3) is 15.3 Å². The Morgan fingerprint density at radius 1 is 1.07 bits per heavy atom. The maximum absolute atomic E-state index is 2.22. The number of rotatable bonds is 2. The van der Waals surface area contributed by atoms with Gasteiger partial charge in [-0.1, -0.05) is 6.08 Å². The summed E-state index contributed by atoms with van der Waals surface area (Å²) in [6, 6.07) is 8.82. The molecule has 2 aromatic heterocycles. The van der Waals surface area contributed by atoms with Crippen molar-refractivity contribution in [3.05, 3.63) is 40.1 Å². The van der Waals surface area contributed by atoms with E-state index in [-0.39, 0.29) is 0 Å². The molecule has 15 heavy (non-hydrogen) atoms. The normalized spacial score (nSPS) is 12.1. The first-order valence-electron chi connectivity index (χ1n) is 5.00. The highest BCUT2D eigenvalue weighted by atomic mass is 32.1. The van der Waals surface area contributed by atoms with Crippen LogP contribution < -0.4 is 0 Å². The summed E-state index contributed by atoms with van der Waals surface area (Å²) < 4.78 is 0. The molecular formula is C13H14S2. The molecule has 0 bridgehead atoms. The first kappa shape index (κ1) is 10.7. The fourth-order valence-electron chi connectivity index (χ4n) is 1.39. The van der Waals surface area contributed by atoms with Gasteiger partial charge in [-0.2, -0.15) is 0 Å². The molecular weight excluding hydrogens is 220 g/mol. The lowest BCUT2D eigenvalue weighted by Crippen LogP contribution is -1.66. The number of hydrogen-bond donors (Lipinski definition) is 0. The number of thiophene rings is 2. The van der Waals surface area contributed by atoms with E-state index in [1.807, 2.05) is 22.7 Å². The molecule has 2 heterocycles. The fraction of sp³-hybridized carbons (Fsp3) is 0.231. The lowest BCUT2D eigenvalue weighted by atomic mass is 10.2. The van der Waals surface area contributed by atoms with Gasteiger partial charge in [-0.25, -0.2) is 0 Å². The summed E-state index contributed by atoms with van der Waals surface area (Å²) in [5.74, 6) is 0. The molecule has 0 fully saturated rings. The van der Waals surface area contributed by atoms with Crippen LogP contribution in [0, 0.1) is 6.92 Å². The van der Waals surface area contributed by atoms with Gasteiger partial charge in [0.15, 0.2) is 0 Å². The van der Waals surface area contributed by atoms with Crippen molar-refractivity contribution in [1.29, 1.82) is 0 Å². The predicted octanol–water partition coefficient (Wildman–Crippen LogP) is 5.21. The zero-order valence-electron chi connectivity index (χ0n) is 9.20. The summed E-state index contributed by atoms with van der Waals surface area (Å²) in [6.07, 6.45) is 2.16. The molecule has 0 aromatic carbocycles. The smallest absolute Gasteiger partial charge is 0.0449 e. The lowest BCUT2D eigenvalue weighted by Gasteiger charge is -1.93. The Hall–Kier alpha value is -0.860. The van der Waals surface area contributed by atoms with Gasteiger partial charge < -0.3 is 0 Å². The van der Waals surface area contributed by atoms with Gasteiger partial charge in [0, 0.05) is 19.5 Å². The molecule has 0 atom stereocenters. The molecule has 0 aliphatic rings. The quantitative estimate of drug-likeness (QED) is 0.669. The second-order valence-electron chi connectivity index (χ2n) is 3.55. The van der Waals surface area contributed by atoms with Crippen molar-refractivity contribution in [2.24, 2.45) is 0 Å². The van der Waals surface area contributed by atoms with Crippen LogP contribution in [0.1, 0.15) is 23.6 Å². The Labute approximate surface area is 98.9 Å². The molecule has 78 valence electrons. The van der Waals surface area contributed by atoms with Gasteiger partial charge in [-0.15, -0.1) is 22.7 Å². The van der Waals surface area contributed by atoms with Crippen molar-refractivity contribution in [3.8, 4) is 9.75 Å². The molecule has 0 saturated heterocycles. The minimum Gasteiger partial charge on any atom is -0.140 e. The average Bonchev–Trinajstić information content (AvgIpc) is 2.84. The second kappa shape index (κ2) is 4.33. The Kier molecular flexibility index (Phi) is 3.08. The number of allylic oxidation sites excluding steroid dienone is 2. The molecule has 0 aliphatic carbocycles. The summed E-state index contributed by atoms with van der Waals surface area (Å²) in [6.45, 7) is 6.40. The molecule has 2 heteroatoms. The molecule has 0 saturated carbocycles. The summed E-state index contributed by atoms with van der Waals surface area (Å²) in [5.41, 5.74) is 1.36. The van der Waals surface area contributed by atoms with Crippen molar-refractivity contribution >= 4 is 28.2 Å². The number of hydrogen-bond acceptors (Lipinski definition) is 2. The molecule has 0 spiro atoms. The van der Waals surface area contributed by atoms with Crippen LogP contribution in [-0.4, -0.2) is 0 Å². The van der Waals surface area contributed by atoms with Gasteiger partial charge in [0.25, 0.3) is 0 Å². The SMILES string of the molecule is C/C=C(\C)c1ccc(-c2ccc(C)s2)s1. The van der Waals surface area contributed by atoms with E-state index >= 15 is 0 Å². The largest absolute Gasteiger partial charge is 0.140 e. The van der Waals surface area contributed by atoms with E-state index in [0.717, 1.165) is 0 Å². The van der Waals surface area contributed by atoms with E-state index in [2.05, 4.69) is 51.1 Å². The molecule has 0 aliphatic heterocycles. The van der Waals surface area contributed by atoms with E-state index in [9.17, 15) is 0 Å². The third kappa shape index (κ3) is 2.21. The Morgan fingerprint density at radius 3 is 2.33 bits per heavy atom. The van der Waals surface area contributed by atoms with E-state index in [4.69, 9.17) is 0 Å². The van der Waals surface area contributed by atoms with Crippen molar-refractivity contribution in [2.75, 3.05) is 0 Å². The standard InChI is InChI=1S/C13H14S2/c1-4-9(2)11-7-8-13(15-11)12-6-5-10(3)14-12/h4-8H,1-3H3/b9-4+. The zero-order chi connectivity index (χ0) is 10.8. The maximum atomic E-state index is 2.22. The Morgan fingerprint density at radius 2 is 1.73 bits per heavy atom. The summed E-state index contributed by atoms with van der Waals surface area (Å²) in [4.78, 5) is 5.51. The number of aryl methyl sites for hydroxylation is 1. The van der Waals surface area contributed by atoms with Gasteiger partial charge in [0.05, 0.1) is 0 Å². The summed E-state index contributed by atoms with van der Waals surface area (Å²) >= 11 is 3.74. The van der Waals surface area contributed by atoms with Crippen LogP contribution in [0.5, 0.6) is 0 Å². The van der Waals surface area contributed by atoms with E-state index < -0.39 is 0 Å². The van der Waals surface area contributed by atoms with Gasteiger partial charge in [0.1, 0.15) is 0 Å². The van der Waals surface area contributed by atoms with Gasteiger partial charge in [0.2, 0.25) is 0 Å². The van der Waals surface area contributed by atoms with E-state index in [1.54, 1.807) is 0 Å². The second-order valence-corrected chi connectivity index (χ2v) is 5.92. The van der Waals surface area contributed by atoms with Crippen molar-refractivity contribution in [3.63, 3.8) is 0 Å². The highest BCUT2D eigenvalue weighted by Crippen LogP contribution is 2.35. The molecule has 0 unspecified atom stereocenters. The molecule has 2 aromatic rings. The third-order valence-electron chi connectivity index (χ3n) is 2.41. The minimum atomic E-state index is 1.36. The van der Waals surface area contributed by atoms with Crippen LogP contribution in [0.3, 0.4) is 0 Å². The average molecular weight is 234 g/mol. The molecule has 2 rings (SSSR count). The highest BCUT2D eigenvalue weighted by Gasteiger charge is 2.05. The monoisotopic (exact) mass is 234 g/mol. The third-order valence-corrected chi connectivity index (χ3v) is 4.83. The Balaban J connectivity index is 2.35.